The van der Waals surface area contributed by atoms with Crippen molar-refractivity contribution >= 4 is 86.5 Å². The van der Waals surface area contributed by atoms with Crippen LogP contribution in [0.2, 0.25) is 15.1 Å². The highest BCUT2D eigenvalue weighted by Crippen LogP contribution is 2.33. The topological polar surface area (TPSA) is 71.0 Å². The second-order valence-electron chi connectivity index (χ2n) is 7.97. The third kappa shape index (κ3) is 7.74. The summed E-state index contributed by atoms with van der Waals surface area (Å²) in [5.41, 5.74) is -2.27. The van der Waals surface area contributed by atoms with Gasteiger partial charge < -0.3 is 10.1 Å². The standard InChI is InChI=1S/C25H17Cl4F2N3O3S/c26-15-3-1-14(2-4-15)13-34-22(35)12-21(38-24(34)33-17-7-10-19(27)20(28)11-17)23(36)32-16-5-8-18(9-6-16)37-25(29,30)31/h1-11,21H,12-13H2,(H,32,36). The lowest BCUT2D eigenvalue weighted by Crippen LogP contribution is -2.44. The number of rotatable bonds is 7. The van der Waals surface area contributed by atoms with Gasteiger partial charge in [0.05, 0.1) is 22.3 Å². The van der Waals surface area contributed by atoms with Crippen LogP contribution in [0.4, 0.5) is 20.2 Å². The molecule has 0 aliphatic carbocycles. The Bertz CT molecular complexity index is 1370. The van der Waals surface area contributed by atoms with E-state index in [4.69, 9.17) is 46.4 Å². The van der Waals surface area contributed by atoms with E-state index in [1.807, 2.05) is 0 Å². The molecule has 198 valence electrons. The second-order valence-corrected chi connectivity index (χ2v) is 10.8. The van der Waals surface area contributed by atoms with Crippen LogP contribution >= 0.6 is 58.2 Å². The molecule has 4 rings (SSSR count). The van der Waals surface area contributed by atoms with Crippen molar-refractivity contribution in [1.29, 1.82) is 0 Å². The van der Waals surface area contributed by atoms with Gasteiger partial charge >= 0.3 is 5.57 Å². The van der Waals surface area contributed by atoms with Gasteiger partial charge in [0.25, 0.3) is 0 Å². The van der Waals surface area contributed by atoms with Gasteiger partial charge in [-0.3, -0.25) is 14.5 Å². The zero-order chi connectivity index (χ0) is 27.4. The summed E-state index contributed by atoms with van der Waals surface area (Å²) in [6.45, 7) is 0.212. The molecule has 1 saturated heterocycles. The van der Waals surface area contributed by atoms with Crippen molar-refractivity contribution in [2.45, 2.75) is 23.8 Å². The average molecular weight is 619 g/mol. The zero-order valence-corrected chi connectivity index (χ0v) is 23.0. The number of carbonyl (C=O) groups excluding carboxylic acids is 2. The third-order valence-corrected chi connectivity index (χ3v) is 7.43. The van der Waals surface area contributed by atoms with Crippen LogP contribution in [0, 0.1) is 0 Å². The molecule has 2 amide bonds. The summed E-state index contributed by atoms with van der Waals surface area (Å²) in [7, 11) is 0. The molecule has 0 aromatic heterocycles. The number of amides is 2. The fraction of sp³-hybridized carbons (Fsp3) is 0.160. The number of halogens is 6. The molecule has 0 spiro atoms. The number of carbonyl (C=O) groups is 2. The third-order valence-electron chi connectivity index (χ3n) is 5.17. The molecule has 0 saturated carbocycles. The monoisotopic (exact) mass is 617 g/mol. The molecule has 1 aliphatic rings. The SMILES string of the molecule is O=C(Nc1ccc(OC(F)(F)Cl)cc1)C1CC(=O)N(Cc2ccc(Cl)cc2)C(=Nc2ccc(Cl)c(Cl)c2)S1. The van der Waals surface area contributed by atoms with E-state index in [0.29, 0.717) is 31.6 Å². The average Bonchev–Trinajstić information content (AvgIpc) is 2.85. The lowest BCUT2D eigenvalue weighted by atomic mass is 10.2. The molecular formula is C25H17Cl4F2N3O3S. The predicted octanol–water partition coefficient (Wildman–Crippen LogP) is 7.98. The van der Waals surface area contributed by atoms with Crippen LogP contribution in [0.25, 0.3) is 0 Å². The molecule has 1 fully saturated rings. The molecule has 0 radical (unpaired) electrons. The predicted molar refractivity (Wildman–Crippen MR) is 148 cm³/mol. The molecule has 3 aromatic rings. The molecule has 6 nitrogen and oxygen atoms in total. The number of nitrogens with zero attached hydrogens (tertiary/aromatic N) is 2. The minimum atomic E-state index is -3.86. The van der Waals surface area contributed by atoms with Crippen LogP contribution in [-0.4, -0.2) is 32.7 Å². The van der Waals surface area contributed by atoms with Gasteiger partial charge in [0.15, 0.2) is 5.17 Å². The summed E-state index contributed by atoms with van der Waals surface area (Å²) in [5, 5.41) is 3.36. The minimum absolute atomic E-state index is 0.0931. The maximum absolute atomic E-state index is 13.2. The lowest BCUT2D eigenvalue weighted by Gasteiger charge is -2.32. The second kappa shape index (κ2) is 12.1. The molecule has 0 bridgehead atoms. The van der Waals surface area contributed by atoms with Crippen molar-refractivity contribution < 1.29 is 23.1 Å². The Morgan fingerprint density at radius 3 is 2.37 bits per heavy atom. The largest absolute Gasteiger partial charge is 0.487 e. The molecule has 13 heteroatoms. The molecule has 1 heterocycles. The smallest absolute Gasteiger partial charge is 0.420 e. The van der Waals surface area contributed by atoms with Crippen LogP contribution in [-0.2, 0) is 16.1 Å². The van der Waals surface area contributed by atoms with E-state index in [1.54, 1.807) is 42.5 Å². The summed E-state index contributed by atoms with van der Waals surface area (Å²) in [6.07, 6.45) is -0.0931. The van der Waals surface area contributed by atoms with Crippen molar-refractivity contribution in [1.82, 2.24) is 4.90 Å². The number of ether oxygens (including phenoxy) is 1. The van der Waals surface area contributed by atoms with Gasteiger partial charge in [-0.05, 0) is 60.2 Å². The van der Waals surface area contributed by atoms with E-state index in [0.717, 1.165) is 17.3 Å². The van der Waals surface area contributed by atoms with Crippen LogP contribution < -0.4 is 10.1 Å². The first-order valence-electron chi connectivity index (χ1n) is 10.9. The van der Waals surface area contributed by atoms with Crippen LogP contribution in [0.1, 0.15) is 12.0 Å². The number of thioether (sulfide) groups is 1. The van der Waals surface area contributed by atoms with Crippen molar-refractivity contribution in [3.8, 4) is 5.75 Å². The summed E-state index contributed by atoms with van der Waals surface area (Å²) < 4.78 is 29.9. The highest BCUT2D eigenvalue weighted by Gasteiger charge is 2.36. The fourth-order valence-electron chi connectivity index (χ4n) is 3.40. The van der Waals surface area contributed by atoms with Gasteiger partial charge in [-0.1, -0.05) is 58.7 Å². The number of alkyl halides is 3. The van der Waals surface area contributed by atoms with Gasteiger partial charge in [-0.2, -0.15) is 0 Å². The molecule has 3 aromatic carbocycles. The summed E-state index contributed by atoms with van der Waals surface area (Å²) in [6, 6.07) is 17.0. The molecule has 1 aliphatic heterocycles. The first-order chi connectivity index (χ1) is 18.0. The van der Waals surface area contributed by atoms with E-state index in [2.05, 4.69) is 15.0 Å². The number of hydrogen-bond donors (Lipinski definition) is 1. The van der Waals surface area contributed by atoms with Crippen molar-refractivity contribution in [3.05, 3.63) is 87.4 Å². The van der Waals surface area contributed by atoms with E-state index in [-0.39, 0.29) is 24.6 Å². The van der Waals surface area contributed by atoms with Gasteiger partial charge in [0.1, 0.15) is 11.0 Å². The summed E-state index contributed by atoms with van der Waals surface area (Å²) >= 11 is 24.0. The highest BCUT2D eigenvalue weighted by molar-refractivity contribution is 8.15. The first-order valence-corrected chi connectivity index (χ1v) is 13.3. The van der Waals surface area contributed by atoms with Gasteiger partial charge in [-0.15, -0.1) is 8.78 Å². The molecule has 1 N–H and O–H groups in total. The van der Waals surface area contributed by atoms with E-state index in [1.165, 1.54) is 29.2 Å². The van der Waals surface area contributed by atoms with Crippen molar-refractivity contribution in [2.75, 3.05) is 5.32 Å². The first kappa shape index (κ1) is 28.4. The molecular weight excluding hydrogens is 602 g/mol. The molecule has 38 heavy (non-hydrogen) atoms. The number of benzene rings is 3. The Kier molecular flexibility index (Phi) is 9.05. The van der Waals surface area contributed by atoms with E-state index >= 15 is 0 Å². The number of hydrogen-bond acceptors (Lipinski definition) is 5. The molecule has 1 atom stereocenters. The Labute approximate surface area is 240 Å². The molecule has 1 unspecified atom stereocenters. The Hall–Kier alpha value is -2.56. The van der Waals surface area contributed by atoms with Crippen molar-refractivity contribution in [3.63, 3.8) is 0 Å². The Morgan fingerprint density at radius 2 is 1.74 bits per heavy atom. The summed E-state index contributed by atoms with van der Waals surface area (Å²) in [5.74, 6) is -0.961. The number of nitrogens with one attached hydrogen (secondary N) is 1. The number of aliphatic imine (C=N–C) groups is 1. The summed E-state index contributed by atoms with van der Waals surface area (Å²) in [4.78, 5) is 32.3. The maximum Gasteiger partial charge on any atom is 0.487 e. The van der Waals surface area contributed by atoms with Gasteiger partial charge in [0, 0.05) is 28.7 Å². The maximum atomic E-state index is 13.2. The quantitative estimate of drug-likeness (QED) is 0.273. The van der Waals surface area contributed by atoms with Crippen LogP contribution in [0.15, 0.2) is 71.7 Å². The Morgan fingerprint density at radius 1 is 1.05 bits per heavy atom. The highest BCUT2D eigenvalue weighted by atomic mass is 35.5. The minimum Gasteiger partial charge on any atom is -0.420 e. The number of anilines is 1. The van der Waals surface area contributed by atoms with Crippen LogP contribution in [0.5, 0.6) is 5.75 Å². The van der Waals surface area contributed by atoms with Crippen molar-refractivity contribution in [2.24, 2.45) is 4.99 Å². The van der Waals surface area contributed by atoms with Gasteiger partial charge in [0.2, 0.25) is 11.8 Å². The van der Waals surface area contributed by atoms with E-state index < -0.39 is 16.7 Å². The zero-order valence-electron chi connectivity index (χ0n) is 19.1. The Balaban J connectivity index is 1.55. The van der Waals surface area contributed by atoms with Crippen LogP contribution in [0.3, 0.4) is 0 Å². The number of amidine groups is 1. The lowest BCUT2D eigenvalue weighted by molar-refractivity contribution is -0.129. The normalized spacial score (nSPS) is 17.0. The van der Waals surface area contributed by atoms with Gasteiger partial charge in [-0.25, -0.2) is 4.99 Å². The fourth-order valence-corrected chi connectivity index (χ4v) is 5.00. The van der Waals surface area contributed by atoms with E-state index in [9.17, 15) is 18.4 Å².